The minimum Gasteiger partial charge on any atom is -0.490 e. The lowest BCUT2D eigenvalue weighted by Gasteiger charge is -2.09. The van der Waals surface area contributed by atoms with E-state index in [0.717, 1.165) is 42.3 Å². The van der Waals surface area contributed by atoms with E-state index in [4.69, 9.17) is 9.47 Å². The molecule has 1 N–H and O–H groups in total. The number of unbranched alkanes of at least 4 members (excludes halogenated alkanes) is 2. The summed E-state index contributed by atoms with van der Waals surface area (Å²) in [5.74, 6) is 1.64. The second-order valence-corrected chi connectivity index (χ2v) is 6.27. The average molecular weight is 329 g/mol. The Balaban J connectivity index is 1.75. The van der Waals surface area contributed by atoms with Crippen LogP contribution in [0.3, 0.4) is 0 Å². The lowest BCUT2D eigenvalue weighted by molar-refractivity contribution is 0.297. The van der Waals surface area contributed by atoms with Crippen molar-refractivity contribution in [3.63, 3.8) is 0 Å². The zero-order chi connectivity index (χ0) is 16.8. The first-order chi connectivity index (χ1) is 11.8. The summed E-state index contributed by atoms with van der Waals surface area (Å²) in [4.78, 5) is 0. The summed E-state index contributed by atoms with van der Waals surface area (Å²) >= 11 is 0. The van der Waals surface area contributed by atoms with Crippen LogP contribution in [0.2, 0.25) is 0 Å². The smallest absolute Gasteiger partial charge is 0.161 e. The molecule has 130 valence electrons. The molecule has 1 aromatic carbocycles. The van der Waals surface area contributed by atoms with Crippen molar-refractivity contribution in [2.24, 2.45) is 7.05 Å². The highest BCUT2D eigenvalue weighted by Gasteiger charge is 2.15. The number of ether oxygens (including phenoxy) is 2. The molecule has 0 aliphatic carbocycles. The molecule has 0 unspecified atom stereocenters. The molecule has 2 aromatic rings. The Hall–Kier alpha value is -2.01. The second-order valence-electron chi connectivity index (χ2n) is 6.27. The van der Waals surface area contributed by atoms with E-state index >= 15 is 0 Å². The highest BCUT2D eigenvalue weighted by atomic mass is 16.5. The number of aryl methyl sites for hydroxylation is 1. The SMILES string of the molecule is CCCCCNCc1cn(C)nc1-c1ccc2c(c1)OCCCO2. The monoisotopic (exact) mass is 329 g/mol. The van der Waals surface area contributed by atoms with E-state index in [1.807, 2.05) is 23.9 Å². The van der Waals surface area contributed by atoms with Gasteiger partial charge >= 0.3 is 0 Å². The molecule has 24 heavy (non-hydrogen) atoms. The van der Waals surface area contributed by atoms with Crippen LogP contribution in [-0.2, 0) is 13.6 Å². The summed E-state index contributed by atoms with van der Waals surface area (Å²) in [6.07, 6.45) is 6.74. The molecule has 0 amide bonds. The van der Waals surface area contributed by atoms with Crippen molar-refractivity contribution < 1.29 is 9.47 Å². The standard InChI is InChI=1S/C19H27N3O2/c1-3-4-5-9-20-13-16-14-22(2)21-19(16)15-7-8-17-18(12-15)24-11-6-10-23-17/h7-8,12,14,20H,3-6,9-11,13H2,1-2H3. The quantitative estimate of drug-likeness (QED) is 0.790. The molecule has 3 rings (SSSR count). The van der Waals surface area contributed by atoms with E-state index in [-0.39, 0.29) is 0 Å². The summed E-state index contributed by atoms with van der Waals surface area (Å²) in [5, 5.41) is 8.17. The summed E-state index contributed by atoms with van der Waals surface area (Å²) in [6.45, 7) is 5.52. The maximum absolute atomic E-state index is 5.81. The van der Waals surface area contributed by atoms with Crippen molar-refractivity contribution in [2.45, 2.75) is 39.2 Å². The Bertz CT molecular complexity index is 667. The Morgan fingerprint density at radius 2 is 2.00 bits per heavy atom. The molecule has 0 atom stereocenters. The van der Waals surface area contributed by atoms with E-state index < -0.39 is 0 Å². The molecule has 0 saturated heterocycles. The van der Waals surface area contributed by atoms with E-state index in [9.17, 15) is 0 Å². The Labute approximate surface area is 144 Å². The zero-order valence-corrected chi connectivity index (χ0v) is 14.7. The Morgan fingerprint density at radius 1 is 1.17 bits per heavy atom. The predicted molar refractivity (Wildman–Crippen MR) is 95.5 cm³/mol. The fourth-order valence-corrected chi connectivity index (χ4v) is 2.94. The minimum atomic E-state index is 0.699. The summed E-state index contributed by atoms with van der Waals surface area (Å²) < 4.78 is 13.4. The van der Waals surface area contributed by atoms with Crippen molar-refractivity contribution in [1.82, 2.24) is 15.1 Å². The molecule has 5 nitrogen and oxygen atoms in total. The van der Waals surface area contributed by atoms with Crippen LogP contribution in [-0.4, -0.2) is 29.5 Å². The normalized spacial score (nSPS) is 13.8. The first-order valence-electron chi connectivity index (χ1n) is 8.91. The second kappa shape index (κ2) is 8.20. The Kier molecular flexibility index (Phi) is 5.75. The fourth-order valence-electron chi connectivity index (χ4n) is 2.94. The van der Waals surface area contributed by atoms with Gasteiger partial charge in [-0.15, -0.1) is 0 Å². The molecule has 0 radical (unpaired) electrons. The van der Waals surface area contributed by atoms with Gasteiger partial charge in [0.05, 0.1) is 18.9 Å². The average Bonchev–Trinajstić information content (AvgIpc) is 2.81. The van der Waals surface area contributed by atoms with Crippen LogP contribution in [0.1, 0.15) is 38.2 Å². The Morgan fingerprint density at radius 3 is 2.83 bits per heavy atom. The largest absolute Gasteiger partial charge is 0.490 e. The highest BCUT2D eigenvalue weighted by molar-refractivity contribution is 5.66. The number of aromatic nitrogens is 2. The summed E-state index contributed by atoms with van der Waals surface area (Å²) in [6, 6.07) is 6.10. The van der Waals surface area contributed by atoms with Gasteiger partial charge in [0.1, 0.15) is 0 Å². The van der Waals surface area contributed by atoms with Gasteiger partial charge in [-0.3, -0.25) is 4.68 Å². The van der Waals surface area contributed by atoms with Gasteiger partial charge in [0.15, 0.2) is 11.5 Å². The number of fused-ring (bicyclic) bond motifs is 1. The van der Waals surface area contributed by atoms with Gasteiger partial charge in [-0.1, -0.05) is 19.8 Å². The van der Waals surface area contributed by atoms with E-state index in [1.165, 1.54) is 24.8 Å². The van der Waals surface area contributed by atoms with Gasteiger partial charge in [0.25, 0.3) is 0 Å². The van der Waals surface area contributed by atoms with Crippen LogP contribution in [0.4, 0.5) is 0 Å². The zero-order valence-electron chi connectivity index (χ0n) is 14.7. The third-order valence-corrected chi connectivity index (χ3v) is 4.20. The third-order valence-electron chi connectivity index (χ3n) is 4.20. The number of hydrogen-bond donors (Lipinski definition) is 1. The van der Waals surface area contributed by atoms with Crippen LogP contribution >= 0.6 is 0 Å². The molecule has 0 spiro atoms. The van der Waals surface area contributed by atoms with E-state index in [2.05, 4.69) is 29.6 Å². The van der Waals surface area contributed by atoms with Crippen molar-refractivity contribution in [1.29, 1.82) is 0 Å². The van der Waals surface area contributed by atoms with Gasteiger partial charge in [-0.2, -0.15) is 5.10 Å². The summed E-state index contributed by atoms with van der Waals surface area (Å²) in [7, 11) is 1.97. The first kappa shape index (κ1) is 16.8. The maximum Gasteiger partial charge on any atom is 0.161 e. The van der Waals surface area contributed by atoms with Gasteiger partial charge in [-0.25, -0.2) is 0 Å². The molecule has 0 saturated carbocycles. The number of hydrogen-bond acceptors (Lipinski definition) is 4. The van der Waals surface area contributed by atoms with Crippen LogP contribution in [0.5, 0.6) is 11.5 Å². The third kappa shape index (κ3) is 4.09. The molecule has 1 aliphatic rings. The molecule has 0 fully saturated rings. The number of rotatable bonds is 7. The number of nitrogens with zero attached hydrogens (tertiary/aromatic N) is 2. The molecule has 5 heteroatoms. The van der Waals surface area contributed by atoms with Crippen molar-refractivity contribution in [2.75, 3.05) is 19.8 Å². The van der Waals surface area contributed by atoms with Gasteiger partial charge in [-0.05, 0) is 31.2 Å². The maximum atomic E-state index is 5.81. The van der Waals surface area contributed by atoms with E-state index in [1.54, 1.807) is 0 Å². The number of benzene rings is 1. The topological polar surface area (TPSA) is 48.3 Å². The van der Waals surface area contributed by atoms with Crippen molar-refractivity contribution in [3.05, 3.63) is 30.0 Å². The van der Waals surface area contributed by atoms with Crippen LogP contribution in [0, 0.1) is 0 Å². The fraction of sp³-hybridized carbons (Fsp3) is 0.526. The minimum absolute atomic E-state index is 0.699. The van der Waals surface area contributed by atoms with Crippen molar-refractivity contribution in [3.8, 4) is 22.8 Å². The molecular formula is C19H27N3O2. The van der Waals surface area contributed by atoms with Gasteiger partial charge in [0.2, 0.25) is 0 Å². The molecule has 1 aromatic heterocycles. The molecule has 0 bridgehead atoms. The highest BCUT2D eigenvalue weighted by Crippen LogP contribution is 2.34. The summed E-state index contributed by atoms with van der Waals surface area (Å²) in [5.41, 5.74) is 3.30. The predicted octanol–water partition coefficient (Wildman–Crippen LogP) is 3.53. The van der Waals surface area contributed by atoms with Crippen molar-refractivity contribution >= 4 is 0 Å². The lowest BCUT2D eigenvalue weighted by Crippen LogP contribution is -2.14. The first-order valence-corrected chi connectivity index (χ1v) is 8.91. The molecule has 2 heterocycles. The van der Waals surface area contributed by atoms with E-state index in [0.29, 0.717) is 13.2 Å². The number of nitrogens with one attached hydrogen (secondary N) is 1. The molecule has 1 aliphatic heterocycles. The lowest BCUT2D eigenvalue weighted by atomic mass is 10.1. The van der Waals surface area contributed by atoms with Crippen LogP contribution in [0.25, 0.3) is 11.3 Å². The van der Waals surface area contributed by atoms with Crippen LogP contribution < -0.4 is 14.8 Å². The van der Waals surface area contributed by atoms with Gasteiger partial charge in [0, 0.05) is 37.3 Å². The van der Waals surface area contributed by atoms with Crippen LogP contribution in [0.15, 0.2) is 24.4 Å². The molecular weight excluding hydrogens is 302 g/mol. The van der Waals surface area contributed by atoms with Gasteiger partial charge < -0.3 is 14.8 Å².